The number of imidazole rings is 1. The molecule has 0 radical (unpaired) electrons. The monoisotopic (exact) mass is 438 g/mol. The number of rotatable bonds is 5. The van der Waals surface area contributed by atoms with Crippen molar-refractivity contribution < 1.29 is 0 Å². The lowest BCUT2D eigenvalue weighted by Gasteiger charge is -2.14. The first-order valence-electron chi connectivity index (χ1n) is 9.86. The number of allylic oxidation sites excluding steroid dienone is 1. The Bertz CT molecular complexity index is 1500. The van der Waals surface area contributed by atoms with E-state index in [0.29, 0.717) is 17.4 Å². The number of aryl methyl sites for hydroxylation is 2. The highest BCUT2D eigenvalue weighted by atomic mass is 32.1. The van der Waals surface area contributed by atoms with Gasteiger partial charge in [-0.05, 0) is 66.9 Å². The van der Waals surface area contributed by atoms with Gasteiger partial charge in [-0.1, -0.05) is 0 Å². The first-order valence-corrected chi connectivity index (χ1v) is 10.7. The van der Waals surface area contributed by atoms with Crippen LogP contribution in [0.3, 0.4) is 0 Å². The summed E-state index contributed by atoms with van der Waals surface area (Å²) in [7, 11) is 0. The largest absolute Gasteiger partial charge is 0.340 e. The predicted octanol–water partition coefficient (Wildman–Crippen LogP) is 5.60. The van der Waals surface area contributed by atoms with Crippen LogP contribution < -0.4 is 10.6 Å². The molecule has 0 unspecified atom stereocenters. The van der Waals surface area contributed by atoms with Crippen LogP contribution in [0.2, 0.25) is 0 Å². The lowest BCUT2D eigenvalue weighted by molar-refractivity contribution is 1.18. The van der Waals surface area contributed by atoms with Gasteiger partial charge in [0.1, 0.15) is 5.52 Å². The maximum Gasteiger partial charge on any atom is 0.231 e. The molecule has 3 heterocycles. The number of anilines is 4. The third-order valence-electron chi connectivity index (χ3n) is 5.02. The number of thiazole rings is 1. The van der Waals surface area contributed by atoms with Gasteiger partial charge in [-0.25, -0.2) is 9.97 Å². The van der Waals surface area contributed by atoms with Crippen molar-refractivity contribution in [2.45, 2.75) is 13.8 Å². The first-order chi connectivity index (χ1) is 15.6. The van der Waals surface area contributed by atoms with Crippen molar-refractivity contribution in [3.8, 4) is 6.07 Å². The summed E-state index contributed by atoms with van der Waals surface area (Å²) in [5.41, 5.74) is 8.87. The van der Waals surface area contributed by atoms with Crippen LogP contribution in [0.1, 0.15) is 16.7 Å². The highest BCUT2D eigenvalue weighted by Crippen LogP contribution is 2.29. The molecule has 0 bridgehead atoms. The van der Waals surface area contributed by atoms with Gasteiger partial charge in [0.2, 0.25) is 5.95 Å². The summed E-state index contributed by atoms with van der Waals surface area (Å²) in [4.78, 5) is 21.1. The van der Waals surface area contributed by atoms with Gasteiger partial charge in [0, 0.05) is 17.5 Å². The highest BCUT2D eigenvalue weighted by Gasteiger charge is 2.13. The van der Waals surface area contributed by atoms with E-state index in [4.69, 9.17) is 10.2 Å². The molecule has 0 aliphatic heterocycles. The lowest BCUT2D eigenvalue weighted by Crippen LogP contribution is -2.04. The fraction of sp³-hybridized carbons (Fsp3) is 0.0870. The average molecular weight is 439 g/mol. The molecule has 8 nitrogen and oxygen atoms in total. The minimum Gasteiger partial charge on any atom is -0.340 e. The van der Waals surface area contributed by atoms with E-state index in [2.05, 4.69) is 30.6 Å². The van der Waals surface area contributed by atoms with Crippen molar-refractivity contribution >= 4 is 61.9 Å². The summed E-state index contributed by atoms with van der Waals surface area (Å²) in [5, 5.41) is 15.5. The van der Waals surface area contributed by atoms with Crippen molar-refractivity contribution in [1.82, 2.24) is 24.9 Å². The summed E-state index contributed by atoms with van der Waals surface area (Å²) in [5.74, 6) is 1.06. The van der Waals surface area contributed by atoms with Crippen molar-refractivity contribution in [1.29, 1.82) is 5.26 Å². The molecule has 3 N–H and O–H groups in total. The Hall–Kier alpha value is -4.29. The van der Waals surface area contributed by atoms with Gasteiger partial charge in [0.25, 0.3) is 0 Å². The Kier molecular flexibility index (Phi) is 4.97. The smallest absolute Gasteiger partial charge is 0.231 e. The Morgan fingerprint density at radius 1 is 1.06 bits per heavy atom. The summed E-state index contributed by atoms with van der Waals surface area (Å²) in [6.07, 6.45) is 4.86. The third-order valence-corrected chi connectivity index (χ3v) is 5.83. The molecule has 0 saturated heterocycles. The molecule has 2 aromatic carbocycles. The van der Waals surface area contributed by atoms with Crippen LogP contribution in [0.4, 0.5) is 23.1 Å². The first kappa shape index (κ1) is 19.7. The number of fused-ring (bicyclic) bond motifs is 2. The summed E-state index contributed by atoms with van der Waals surface area (Å²) >= 11 is 1.61. The molecule has 156 valence electrons. The molecular weight excluding hydrogens is 420 g/mol. The number of aromatic nitrogens is 5. The molecule has 0 fully saturated rings. The van der Waals surface area contributed by atoms with Gasteiger partial charge < -0.3 is 15.6 Å². The molecule has 0 spiro atoms. The van der Waals surface area contributed by atoms with E-state index in [-0.39, 0.29) is 0 Å². The van der Waals surface area contributed by atoms with Crippen LogP contribution in [-0.2, 0) is 0 Å². The van der Waals surface area contributed by atoms with Crippen LogP contribution in [0, 0.1) is 25.2 Å². The van der Waals surface area contributed by atoms with Gasteiger partial charge >= 0.3 is 0 Å². The van der Waals surface area contributed by atoms with E-state index in [0.717, 1.165) is 43.8 Å². The Labute approximate surface area is 187 Å². The normalized spacial score (nSPS) is 11.3. The van der Waals surface area contributed by atoms with Crippen LogP contribution in [0.5, 0.6) is 0 Å². The minimum atomic E-state index is 0.438. The van der Waals surface area contributed by atoms with Crippen LogP contribution in [0.25, 0.3) is 27.5 Å². The van der Waals surface area contributed by atoms with E-state index in [9.17, 15) is 0 Å². The summed E-state index contributed by atoms with van der Waals surface area (Å²) in [6, 6.07) is 12.1. The number of benzene rings is 2. The zero-order valence-corrected chi connectivity index (χ0v) is 18.2. The van der Waals surface area contributed by atoms with E-state index in [1.807, 2.05) is 55.8 Å². The van der Waals surface area contributed by atoms with E-state index < -0.39 is 0 Å². The van der Waals surface area contributed by atoms with Crippen molar-refractivity contribution in [2.75, 3.05) is 10.6 Å². The maximum absolute atomic E-state index is 8.77. The van der Waals surface area contributed by atoms with Crippen molar-refractivity contribution in [2.24, 2.45) is 0 Å². The van der Waals surface area contributed by atoms with Gasteiger partial charge in [-0.3, -0.25) is 0 Å². The molecule has 0 atom stereocenters. The quantitative estimate of drug-likeness (QED) is 0.306. The molecule has 0 amide bonds. The van der Waals surface area contributed by atoms with Crippen LogP contribution >= 0.6 is 11.3 Å². The zero-order chi connectivity index (χ0) is 22.1. The van der Waals surface area contributed by atoms with E-state index in [1.165, 1.54) is 6.08 Å². The molecule has 5 aromatic rings. The second-order valence-corrected chi connectivity index (χ2v) is 8.16. The van der Waals surface area contributed by atoms with Crippen molar-refractivity contribution in [3.05, 3.63) is 64.9 Å². The number of hydrogen-bond donors (Lipinski definition) is 3. The van der Waals surface area contributed by atoms with Crippen molar-refractivity contribution in [3.63, 3.8) is 0 Å². The number of nitrogens with one attached hydrogen (secondary N) is 3. The molecule has 0 aliphatic rings. The number of H-pyrrole nitrogens is 1. The van der Waals surface area contributed by atoms with Gasteiger partial charge in [0.05, 0.1) is 28.1 Å². The molecule has 0 saturated carbocycles. The fourth-order valence-electron chi connectivity index (χ4n) is 3.59. The highest BCUT2D eigenvalue weighted by molar-refractivity contribution is 7.16. The summed E-state index contributed by atoms with van der Waals surface area (Å²) in [6.45, 7) is 4.02. The van der Waals surface area contributed by atoms with Gasteiger partial charge in [0.15, 0.2) is 11.5 Å². The van der Waals surface area contributed by atoms with Gasteiger partial charge in [-0.15, -0.1) is 11.3 Å². The van der Waals surface area contributed by atoms with Crippen LogP contribution in [-0.4, -0.2) is 24.9 Å². The van der Waals surface area contributed by atoms with Gasteiger partial charge in [-0.2, -0.15) is 15.2 Å². The molecule has 3 aromatic heterocycles. The number of aromatic amines is 1. The SMILES string of the molecule is Cc1cc(C=CC#N)cc(C)c1Nc1nc(Nc2ccc3scnc3c2)c2[nH]cnc2n1. The minimum absolute atomic E-state index is 0.438. The fourth-order valence-corrected chi connectivity index (χ4v) is 4.25. The Balaban J connectivity index is 1.50. The number of hydrogen-bond acceptors (Lipinski definition) is 8. The molecule has 32 heavy (non-hydrogen) atoms. The van der Waals surface area contributed by atoms with Crippen LogP contribution in [0.15, 0.2) is 48.2 Å². The number of nitrogens with zero attached hydrogens (tertiary/aromatic N) is 5. The molecule has 0 aliphatic carbocycles. The topological polar surface area (TPSA) is 115 Å². The predicted molar refractivity (Wildman–Crippen MR) is 128 cm³/mol. The summed E-state index contributed by atoms with van der Waals surface area (Å²) < 4.78 is 1.13. The maximum atomic E-state index is 8.77. The lowest BCUT2D eigenvalue weighted by atomic mass is 10.0. The Morgan fingerprint density at radius 3 is 2.72 bits per heavy atom. The number of nitriles is 1. The van der Waals surface area contributed by atoms with E-state index >= 15 is 0 Å². The molecule has 9 heteroatoms. The second-order valence-electron chi connectivity index (χ2n) is 7.27. The standard InChI is InChI=1S/C23H18N8S/c1-13-8-15(4-3-7-24)9-14(2)19(13)29-23-30-21-20(25-11-26-21)22(31-23)28-16-5-6-18-17(10-16)27-12-32-18/h3-6,8-12H,1-2H3,(H3,25,26,28,29,30,31). The zero-order valence-electron chi connectivity index (χ0n) is 17.3. The molecule has 5 rings (SSSR count). The average Bonchev–Trinajstić information content (AvgIpc) is 3.44. The third kappa shape index (κ3) is 3.75. The van der Waals surface area contributed by atoms with E-state index in [1.54, 1.807) is 23.7 Å². The second kappa shape index (κ2) is 8.09. The Morgan fingerprint density at radius 2 is 1.91 bits per heavy atom. The molecular formula is C23H18N8S.